The lowest BCUT2D eigenvalue weighted by Crippen LogP contribution is -2.50. The van der Waals surface area contributed by atoms with E-state index in [0.29, 0.717) is 0 Å². The molecule has 3 heteroatoms. The standard InChI is InChI=1S/C17H34N2O/c1-2-18-13-17(20)14-19(15-9-5-3-6-10-15)16-11-7-4-8-12-16/h15-18,20H,2-14H2,1H3. The maximum Gasteiger partial charge on any atom is 0.0791 e. The van der Waals surface area contributed by atoms with Crippen LogP contribution >= 0.6 is 0 Å². The highest BCUT2D eigenvalue weighted by molar-refractivity contribution is 4.85. The van der Waals surface area contributed by atoms with Gasteiger partial charge in [-0.25, -0.2) is 0 Å². The number of aliphatic hydroxyl groups excluding tert-OH is 1. The quantitative estimate of drug-likeness (QED) is 0.753. The van der Waals surface area contributed by atoms with Gasteiger partial charge in [-0.3, -0.25) is 4.90 Å². The van der Waals surface area contributed by atoms with Gasteiger partial charge in [0, 0.05) is 25.2 Å². The molecule has 0 amide bonds. The molecule has 0 heterocycles. The molecule has 20 heavy (non-hydrogen) atoms. The molecule has 2 fully saturated rings. The van der Waals surface area contributed by atoms with Crippen LogP contribution in [0.4, 0.5) is 0 Å². The number of hydrogen-bond donors (Lipinski definition) is 2. The predicted molar refractivity (Wildman–Crippen MR) is 85.0 cm³/mol. The summed E-state index contributed by atoms with van der Waals surface area (Å²) >= 11 is 0. The summed E-state index contributed by atoms with van der Waals surface area (Å²) in [4.78, 5) is 2.69. The second kappa shape index (κ2) is 9.01. The summed E-state index contributed by atoms with van der Waals surface area (Å²) < 4.78 is 0. The van der Waals surface area contributed by atoms with E-state index in [1.807, 2.05) is 0 Å². The summed E-state index contributed by atoms with van der Waals surface area (Å²) in [6.45, 7) is 4.67. The number of nitrogens with zero attached hydrogens (tertiary/aromatic N) is 1. The Bertz CT molecular complexity index is 229. The van der Waals surface area contributed by atoms with Gasteiger partial charge in [-0.15, -0.1) is 0 Å². The SMILES string of the molecule is CCNCC(O)CN(C1CCCCC1)C1CCCCC1. The monoisotopic (exact) mass is 282 g/mol. The third-order valence-corrected chi connectivity index (χ3v) is 5.14. The number of likely N-dealkylation sites (N-methyl/N-ethyl adjacent to an activating group) is 1. The third kappa shape index (κ3) is 5.01. The molecule has 2 aliphatic carbocycles. The molecule has 0 aliphatic heterocycles. The van der Waals surface area contributed by atoms with E-state index in [0.717, 1.165) is 31.7 Å². The molecule has 0 aromatic heterocycles. The van der Waals surface area contributed by atoms with Crippen molar-refractivity contribution in [2.45, 2.75) is 89.3 Å². The van der Waals surface area contributed by atoms with Crippen LogP contribution in [0, 0.1) is 0 Å². The largest absolute Gasteiger partial charge is 0.390 e. The lowest BCUT2D eigenvalue weighted by atomic mass is 9.88. The van der Waals surface area contributed by atoms with Gasteiger partial charge in [0.15, 0.2) is 0 Å². The summed E-state index contributed by atoms with van der Waals surface area (Å²) in [5.74, 6) is 0. The Morgan fingerprint density at radius 3 is 1.90 bits per heavy atom. The van der Waals surface area contributed by atoms with E-state index < -0.39 is 0 Å². The minimum absolute atomic E-state index is 0.209. The number of rotatable bonds is 7. The Morgan fingerprint density at radius 1 is 0.950 bits per heavy atom. The van der Waals surface area contributed by atoms with E-state index >= 15 is 0 Å². The zero-order chi connectivity index (χ0) is 14.2. The molecule has 0 aromatic rings. The van der Waals surface area contributed by atoms with Crippen molar-refractivity contribution in [3.8, 4) is 0 Å². The van der Waals surface area contributed by atoms with Gasteiger partial charge in [-0.1, -0.05) is 45.4 Å². The fourth-order valence-corrected chi connectivity index (χ4v) is 4.04. The normalized spacial score (nSPS) is 24.1. The van der Waals surface area contributed by atoms with E-state index in [1.165, 1.54) is 64.2 Å². The molecular formula is C17H34N2O. The summed E-state index contributed by atoms with van der Waals surface area (Å²) in [7, 11) is 0. The van der Waals surface area contributed by atoms with Crippen LogP contribution in [-0.4, -0.2) is 47.8 Å². The average molecular weight is 282 g/mol. The fourth-order valence-electron chi connectivity index (χ4n) is 4.04. The molecule has 0 bridgehead atoms. The lowest BCUT2D eigenvalue weighted by Gasteiger charge is -2.42. The van der Waals surface area contributed by atoms with Crippen molar-refractivity contribution >= 4 is 0 Å². The van der Waals surface area contributed by atoms with Gasteiger partial charge in [0.25, 0.3) is 0 Å². The van der Waals surface area contributed by atoms with E-state index in [2.05, 4.69) is 17.1 Å². The van der Waals surface area contributed by atoms with Crippen LogP contribution < -0.4 is 5.32 Å². The first-order valence-corrected chi connectivity index (χ1v) is 8.95. The van der Waals surface area contributed by atoms with E-state index in [4.69, 9.17) is 0 Å². The molecule has 2 saturated carbocycles. The molecular weight excluding hydrogens is 248 g/mol. The number of nitrogens with one attached hydrogen (secondary N) is 1. The van der Waals surface area contributed by atoms with Crippen molar-refractivity contribution in [3.05, 3.63) is 0 Å². The van der Waals surface area contributed by atoms with Gasteiger partial charge < -0.3 is 10.4 Å². The van der Waals surface area contributed by atoms with Crippen LogP contribution in [0.5, 0.6) is 0 Å². The first-order valence-electron chi connectivity index (χ1n) is 8.95. The van der Waals surface area contributed by atoms with Gasteiger partial charge >= 0.3 is 0 Å². The Kier molecular flexibility index (Phi) is 7.32. The second-order valence-corrected chi connectivity index (χ2v) is 6.74. The van der Waals surface area contributed by atoms with Gasteiger partial charge in [0.05, 0.1) is 6.10 Å². The summed E-state index contributed by atoms with van der Waals surface area (Å²) in [5, 5.41) is 13.6. The molecule has 2 aliphatic rings. The molecule has 3 nitrogen and oxygen atoms in total. The minimum atomic E-state index is -0.209. The average Bonchev–Trinajstić information content (AvgIpc) is 2.52. The molecule has 0 aromatic carbocycles. The molecule has 2 N–H and O–H groups in total. The van der Waals surface area contributed by atoms with Crippen LogP contribution in [0.2, 0.25) is 0 Å². The molecule has 0 radical (unpaired) electrons. The Morgan fingerprint density at radius 2 is 1.45 bits per heavy atom. The fraction of sp³-hybridized carbons (Fsp3) is 1.00. The highest BCUT2D eigenvalue weighted by atomic mass is 16.3. The van der Waals surface area contributed by atoms with Crippen molar-refractivity contribution in [3.63, 3.8) is 0 Å². The first-order chi connectivity index (χ1) is 9.81. The smallest absolute Gasteiger partial charge is 0.0791 e. The van der Waals surface area contributed by atoms with Crippen molar-refractivity contribution < 1.29 is 5.11 Å². The van der Waals surface area contributed by atoms with Crippen molar-refractivity contribution in [2.75, 3.05) is 19.6 Å². The first kappa shape index (κ1) is 16.3. The highest BCUT2D eigenvalue weighted by Gasteiger charge is 2.29. The predicted octanol–water partition coefficient (Wildman–Crippen LogP) is 2.92. The third-order valence-electron chi connectivity index (χ3n) is 5.14. The maximum atomic E-state index is 10.3. The number of hydrogen-bond acceptors (Lipinski definition) is 3. The zero-order valence-electron chi connectivity index (χ0n) is 13.3. The number of aliphatic hydroxyl groups is 1. The molecule has 0 spiro atoms. The molecule has 118 valence electrons. The Balaban J connectivity index is 1.91. The Labute approximate surface area is 125 Å². The zero-order valence-corrected chi connectivity index (χ0v) is 13.3. The molecule has 0 saturated heterocycles. The minimum Gasteiger partial charge on any atom is -0.390 e. The topological polar surface area (TPSA) is 35.5 Å². The van der Waals surface area contributed by atoms with E-state index in [9.17, 15) is 5.11 Å². The summed E-state index contributed by atoms with van der Waals surface area (Å²) in [5.41, 5.74) is 0. The maximum absolute atomic E-state index is 10.3. The van der Waals surface area contributed by atoms with Crippen LogP contribution in [0.15, 0.2) is 0 Å². The molecule has 2 rings (SSSR count). The molecule has 1 atom stereocenters. The van der Waals surface area contributed by atoms with Crippen LogP contribution in [-0.2, 0) is 0 Å². The van der Waals surface area contributed by atoms with Gasteiger partial charge in [-0.05, 0) is 32.2 Å². The molecule has 1 unspecified atom stereocenters. The van der Waals surface area contributed by atoms with Crippen molar-refractivity contribution in [1.29, 1.82) is 0 Å². The van der Waals surface area contributed by atoms with Crippen LogP contribution in [0.25, 0.3) is 0 Å². The van der Waals surface area contributed by atoms with Crippen LogP contribution in [0.1, 0.15) is 71.1 Å². The summed E-state index contributed by atoms with van der Waals surface area (Å²) in [6, 6.07) is 1.48. The van der Waals surface area contributed by atoms with Gasteiger partial charge in [0.1, 0.15) is 0 Å². The van der Waals surface area contributed by atoms with Gasteiger partial charge in [-0.2, -0.15) is 0 Å². The lowest BCUT2D eigenvalue weighted by molar-refractivity contribution is 0.0297. The van der Waals surface area contributed by atoms with Crippen LogP contribution in [0.3, 0.4) is 0 Å². The van der Waals surface area contributed by atoms with Crippen molar-refractivity contribution in [2.24, 2.45) is 0 Å². The second-order valence-electron chi connectivity index (χ2n) is 6.74. The van der Waals surface area contributed by atoms with Gasteiger partial charge in [0.2, 0.25) is 0 Å². The summed E-state index contributed by atoms with van der Waals surface area (Å²) in [6.07, 6.45) is 13.6. The van der Waals surface area contributed by atoms with E-state index in [1.54, 1.807) is 0 Å². The van der Waals surface area contributed by atoms with E-state index in [-0.39, 0.29) is 6.10 Å². The van der Waals surface area contributed by atoms with Crippen molar-refractivity contribution in [1.82, 2.24) is 10.2 Å². The Hall–Kier alpha value is -0.120. The highest BCUT2D eigenvalue weighted by Crippen LogP contribution is 2.30.